The maximum absolute atomic E-state index is 4.46. The predicted molar refractivity (Wildman–Crippen MR) is 74.4 cm³/mol. The van der Waals surface area contributed by atoms with E-state index in [2.05, 4.69) is 39.8 Å². The van der Waals surface area contributed by atoms with Gasteiger partial charge in [-0.25, -0.2) is 4.98 Å². The molecule has 0 aliphatic carbocycles. The Morgan fingerprint density at radius 3 is 2.78 bits per heavy atom. The van der Waals surface area contributed by atoms with Gasteiger partial charge in [0, 0.05) is 18.9 Å². The number of hydrogen-bond acceptors (Lipinski definition) is 3. The van der Waals surface area contributed by atoms with E-state index in [1.54, 1.807) is 0 Å². The highest BCUT2D eigenvalue weighted by molar-refractivity contribution is 4.92. The molecule has 1 N–H and O–H groups in total. The van der Waals surface area contributed by atoms with Crippen LogP contribution in [0.4, 0.5) is 0 Å². The summed E-state index contributed by atoms with van der Waals surface area (Å²) in [5.74, 6) is 2.08. The lowest BCUT2D eigenvalue weighted by molar-refractivity contribution is 0.170. The summed E-state index contributed by atoms with van der Waals surface area (Å²) in [5.41, 5.74) is 0. The summed E-state index contributed by atoms with van der Waals surface area (Å²) in [6.07, 6.45) is 6.63. The van der Waals surface area contributed by atoms with Gasteiger partial charge in [-0.1, -0.05) is 6.92 Å². The van der Waals surface area contributed by atoms with Crippen molar-refractivity contribution < 1.29 is 0 Å². The molecule has 2 heterocycles. The van der Waals surface area contributed by atoms with Gasteiger partial charge in [0.05, 0.1) is 6.54 Å². The van der Waals surface area contributed by atoms with Crippen molar-refractivity contribution in [1.29, 1.82) is 0 Å². The van der Waals surface area contributed by atoms with E-state index in [4.69, 9.17) is 0 Å². The van der Waals surface area contributed by atoms with E-state index in [0.717, 1.165) is 25.6 Å². The quantitative estimate of drug-likeness (QED) is 0.834. The van der Waals surface area contributed by atoms with Crippen LogP contribution in [-0.4, -0.2) is 40.6 Å². The van der Waals surface area contributed by atoms with Crippen molar-refractivity contribution in [3.63, 3.8) is 0 Å². The third-order valence-corrected chi connectivity index (χ3v) is 3.90. The molecule has 0 saturated carbocycles. The number of hydrogen-bond donors (Lipinski definition) is 1. The number of nitrogens with one attached hydrogen (secondary N) is 1. The molecule has 0 unspecified atom stereocenters. The van der Waals surface area contributed by atoms with E-state index in [-0.39, 0.29) is 0 Å². The summed E-state index contributed by atoms with van der Waals surface area (Å²) in [6, 6.07) is 0. The van der Waals surface area contributed by atoms with Crippen molar-refractivity contribution in [2.24, 2.45) is 5.92 Å². The van der Waals surface area contributed by atoms with Crippen molar-refractivity contribution in [3.8, 4) is 0 Å². The topological polar surface area (TPSA) is 33.1 Å². The number of aromatic nitrogens is 2. The van der Waals surface area contributed by atoms with Gasteiger partial charge in [-0.2, -0.15) is 0 Å². The van der Waals surface area contributed by atoms with Crippen LogP contribution in [0.5, 0.6) is 0 Å². The molecule has 18 heavy (non-hydrogen) atoms. The molecule has 1 aromatic heterocycles. The van der Waals surface area contributed by atoms with Crippen LogP contribution in [0, 0.1) is 5.92 Å². The number of rotatable bonds is 6. The SMILES string of the molecule is CCNCC1CCN(Cc2nccn2CC)CC1. The molecule has 1 aliphatic rings. The number of piperidine rings is 1. The molecule has 1 aromatic rings. The van der Waals surface area contributed by atoms with Crippen LogP contribution < -0.4 is 5.32 Å². The van der Waals surface area contributed by atoms with Crippen LogP contribution in [0.15, 0.2) is 12.4 Å². The molecule has 0 amide bonds. The number of imidazole rings is 1. The largest absolute Gasteiger partial charge is 0.334 e. The minimum atomic E-state index is 0.868. The van der Waals surface area contributed by atoms with Gasteiger partial charge in [-0.3, -0.25) is 4.90 Å². The van der Waals surface area contributed by atoms with E-state index in [9.17, 15) is 0 Å². The zero-order valence-corrected chi connectivity index (χ0v) is 11.7. The number of nitrogens with zero attached hydrogens (tertiary/aromatic N) is 3. The van der Waals surface area contributed by atoms with E-state index >= 15 is 0 Å². The number of aryl methyl sites for hydroxylation is 1. The summed E-state index contributed by atoms with van der Waals surface area (Å²) in [7, 11) is 0. The molecule has 102 valence electrons. The minimum Gasteiger partial charge on any atom is -0.334 e. The van der Waals surface area contributed by atoms with Gasteiger partial charge in [0.2, 0.25) is 0 Å². The third kappa shape index (κ3) is 3.56. The summed E-state index contributed by atoms with van der Waals surface area (Å²) in [5, 5.41) is 3.46. The van der Waals surface area contributed by atoms with Gasteiger partial charge in [-0.15, -0.1) is 0 Å². The van der Waals surface area contributed by atoms with Crippen LogP contribution in [0.2, 0.25) is 0 Å². The van der Waals surface area contributed by atoms with Crippen LogP contribution in [0.3, 0.4) is 0 Å². The lowest BCUT2D eigenvalue weighted by Crippen LogP contribution is -2.37. The van der Waals surface area contributed by atoms with Crippen LogP contribution in [0.1, 0.15) is 32.5 Å². The third-order valence-electron chi connectivity index (χ3n) is 3.90. The minimum absolute atomic E-state index is 0.868. The van der Waals surface area contributed by atoms with Crippen molar-refractivity contribution >= 4 is 0 Å². The Labute approximate surface area is 110 Å². The van der Waals surface area contributed by atoms with Gasteiger partial charge in [-0.05, 0) is 51.9 Å². The molecule has 0 atom stereocenters. The standard InChI is InChI=1S/C14H26N4/c1-3-15-11-13-5-8-17(9-6-13)12-14-16-7-10-18(14)4-2/h7,10,13,15H,3-6,8-9,11-12H2,1-2H3. The fraction of sp³-hybridized carbons (Fsp3) is 0.786. The zero-order chi connectivity index (χ0) is 12.8. The Bertz CT molecular complexity index is 339. The van der Waals surface area contributed by atoms with Crippen molar-refractivity contribution in [1.82, 2.24) is 19.8 Å². The fourth-order valence-corrected chi connectivity index (χ4v) is 2.68. The van der Waals surface area contributed by atoms with E-state index in [0.29, 0.717) is 0 Å². The normalized spacial score (nSPS) is 18.3. The Hall–Kier alpha value is -0.870. The second-order valence-corrected chi connectivity index (χ2v) is 5.16. The first-order valence-corrected chi connectivity index (χ1v) is 7.26. The molecule has 0 spiro atoms. The summed E-state index contributed by atoms with van der Waals surface area (Å²) >= 11 is 0. The second kappa shape index (κ2) is 6.90. The average Bonchev–Trinajstić information content (AvgIpc) is 2.85. The molecule has 1 fully saturated rings. The molecular formula is C14H26N4. The summed E-state index contributed by atoms with van der Waals surface area (Å²) in [4.78, 5) is 7.00. The van der Waals surface area contributed by atoms with Gasteiger partial charge >= 0.3 is 0 Å². The lowest BCUT2D eigenvalue weighted by Gasteiger charge is -2.31. The van der Waals surface area contributed by atoms with E-state index in [1.807, 2.05) is 6.20 Å². The molecule has 0 aromatic carbocycles. The van der Waals surface area contributed by atoms with Gasteiger partial charge < -0.3 is 9.88 Å². The van der Waals surface area contributed by atoms with Crippen LogP contribution in [-0.2, 0) is 13.1 Å². The Morgan fingerprint density at radius 2 is 2.11 bits per heavy atom. The molecule has 4 nitrogen and oxygen atoms in total. The first kappa shape index (κ1) is 13.6. The Morgan fingerprint density at radius 1 is 1.33 bits per heavy atom. The highest BCUT2D eigenvalue weighted by atomic mass is 15.2. The van der Waals surface area contributed by atoms with Gasteiger partial charge in [0.25, 0.3) is 0 Å². The summed E-state index contributed by atoms with van der Waals surface area (Å²) < 4.78 is 2.24. The van der Waals surface area contributed by atoms with E-state index in [1.165, 1.54) is 38.3 Å². The highest BCUT2D eigenvalue weighted by Crippen LogP contribution is 2.18. The molecule has 0 bridgehead atoms. The van der Waals surface area contributed by atoms with Crippen molar-refractivity contribution in [2.45, 2.75) is 39.8 Å². The second-order valence-electron chi connectivity index (χ2n) is 5.16. The van der Waals surface area contributed by atoms with Crippen molar-refractivity contribution in [3.05, 3.63) is 18.2 Å². The van der Waals surface area contributed by atoms with E-state index < -0.39 is 0 Å². The molecule has 1 saturated heterocycles. The smallest absolute Gasteiger partial charge is 0.122 e. The maximum Gasteiger partial charge on any atom is 0.122 e. The average molecular weight is 250 g/mol. The predicted octanol–water partition coefficient (Wildman–Crippen LogP) is 1.72. The monoisotopic (exact) mass is 250 g/mol. The summed E-state index contributed by atoms with van der Waals surface area (Å²) in [6.45, 7) is 11.1. The fourth-order valence-electron chi connectivity index (χ4n) is 2.68. The lowest BCUT2D eigenvalue weighted by atomic mass is 9.97. The van der Waals surface area contributed by atoms with Crippen molar-refractivity contribution in [2.75, 3.05) is 26.2 Å². The maximum atomic E-state index is 4.46. The zero-order valence-electron chi connectivity index (χ0n) is 11.7. The Balaban J connectivity index is 1.76. The van der Waals surface area contributed by atoms with Crippen LogP contribution >= 0.6 is 0 Å². The molecule has 4 heteroatoms. The molecular weight excluding hydrogens is 224 g/mol. The first-order valence-electron chi connectivity index (χ1n) is 7.26. The highest BCUT2D eigenvalue weighted by Gasteiger charge is 2.19. The number of likely N-dealkylation sites (tertiary alicyclic amines) is 1. The Kier molecular flexibility index (Phi) is 5.20. The van der Waals surface area contributed by atoms with Gasteiger partial charge in [0.15, 0.2) is 0 Å². The van der Waals surface area contributed by atoms with Gasteiger partial charge in [0.1, 0.15) is 5.82 Å². The molecule has 1 aliphatic heterocycles. The first-order chi connectivity index (χ1) is 8.83. The van der Waals surface area contributed by atoms with Crippen LogP contribution in [0.25, 0.3) is 0 Å². The molecule has 0 radical (unpaired) electrons. The molecule has 2 rings (SSSR count).